The van der Waals surface area contributed by atoms with Crippen molar-refractivity contribution >= 4 is 17.7 Å². The highest BCUT2D eigenvalue weighted by molar-refractivity contribution is 5.90. The van der Waals surface area contributed by atoms with Crippen molar-refractivity contribution in [3.8, 4) is 0 Å². The van der Waals surface area contributed by atoms with Gasteiger partial charge in [-0.3, -0.25) is 9.69 Å². The minimum Gasteiger partial charge on any atom is -0.326 e. The first kappa shape index (κ1) is 20.3. The third kappa shape index (κ3) is 6.32. The molecule has 148 valence electrons. The van der Waals surface area contributed by atoms with Crippen LogP contribution in [0.15, 0.2) is 54.6 Å². The Hall–Kier alpha value is -2.43. The lowest BCUT2D eigenvalue weighted by Crippen LogP contribution is -2.46. The second-order valence-corrected chi connectivity index (χ2v) is 7.57. The first-order chi connectivity index (χ1) is 13.6. The second kappa shape index (κ2) is 10.2. The van der Waals surface area contributed by atoms with E-state index in [1.807, 2.05) is 31.2 Å². The van der Waals surface area contributed by atoms with E-state index in [0.29, 0.717) is 6.42 Å². The normalized spacial score (nSPS) is 15.8. The smallest absolute Gasteiger partial charge is 0.225 e. The number of carbonyl (C=O) groups is 1. The standard InChI is InChI=1S/C24H31N3O/c1-20-7-5-11-23(19-20)25-24(28)12-14-27-17-15-26(16-18-27)13-6-10-22-9-4-3-8-21(22)2/h3-11,19H,12-18H2,1-2H3,(H,25,28). The van der Waals surface area contributed by atoms with E-state index in [9.17, 15) is 4.79 Å². The molecule has 0 aromatic heterocycles. The quantitative estimate of drug-likeness (QED) is 0.793. The molecule has 2 aromatic carbocycles. The van der Waals surface area contributed by atoms with Gasteiger partial charge in [0.15, 0.2) is 0 Å². The van der Waals surface area contributed by atoms with Crippen LogP contribution < -0.4 is 5.32 Å². The molecule has 3 rings (SSSR count). The number of carbonyl (C=O) groups excluding carboxylic acids is 1. The summed E-state index contributed by atoms with van der Waals surface area (Å²) in [7, 11) is 0. The molecule has 1 aliphatic rings. The molecule has 0 bridgehead atoms. The molecule has 2 aromatic rings. The highest BCUT2D eigenvalue weighted by Crippen LogP contribution is 2.11. The lowest BCUT2D eigenvalue weighted by Gasteiger charge is -2.34. The fourth-order valence-electron chi connectivity index (χ4n) is 3.50. The highest BCUT2D eigenvalue weighted by Gasteiger charge is 2.16. The summed E-state index contributed by atoms with van der Waals surface area (Å²) in [6.45, 7) is 10.1. The van der Waals surface area contributed by atoms with Crippen molar-refractivity contribution in [2.24, 2.45) is 0 Å². The van der Waals surface area contributed by atoms with Gasteiger partial charge in [0.2, 0.25) is 5.91 Å². The Bertz CT molecular complexity index is 807. The van der Waals surface area contributed by atoms with Crippen molar-refractivity contribution < 1.29 is 4.79 Å². The number of amides is 1. The fourth-order valence-corrected chi connectivity index (χ4v) is 3.50. The summed E-state index contributed by atoms with van der Waals surface area (Å²) in [4.78, 5) is 17.0. The average molecular weight is 378 g/mol. The van der Waals surface area contributed by atoms with E-state index >= 15 is 0 Å². The van der Waals surface area contributed by atoms with Crippen LogP contribution in [0.3, 0.4) is 0 Å². The molecule has 1 heterocycles. The molecule has 0 atom stereocenters. The largest absolute Gasteiger partial charge is 0.326 e. The molecule has 28 heavy (non-hydrogen) atoms. The molecule has 1 saturated heterocycles. The van der Waals surface area contributed by atoms with Gasteiger partial charge in [-0.2, -0.15) is 0 Å². The Morgan fingerprint density at radius 1 is 1.00 bits per heavy atom. The van der Waals surface area contributed by atoms with E-state index in [0.717, 1.165) is 50.5 Å². The summed E-state index contributed by atoms with van der Waals surface area (Å²) >= 11 is 0. The topological polar surface area (TPSA) is 35.6 Å². The van der Waals surface area contributed by atoms with Crippen LogP contribution in [0.5, 0.6) is 0 Å². The minimum absolute atomic E-state index is 0.0918. The van der Waals surface area contributed by atoms with Crippen molar-refractivity contribution in [3.05, 3.63) is 71.3 Å². The lowest BCUT2D eigenvalue weighted by molar-refractivity contribution is -0.116. The number of hydrogen-bond donors (Lipinski definition) is 1. The number of nitrogens with zero attached hydrogens (tertiary/aromatic N) is 2. The molecule has 0 unspecified atom stereocenters. The number of nitrogens with one attached hydrogen (secondary N) is 1. The van der Waals surface area contributed by atoms with Gasteiger partial charge in [0.25, 0.3) is 0 Å². The van der Waals surface area contributed by atoms with Crippen molar-refractivity contribution in [1.82, 2.24) is 9.80 Å². The first-order valence-electron chi connectivity index (χ1n) is 10.1. The van der Waals surface area contributed by atoms with Gasteiger partial charge in [0, 0.05) is 51.4 Å². The number of piperazine rings is 1. The van der Waals surface area contributed by atoms with Crippen molar-refractivity contribution in [2.45, 2.75) is 20.3 Å². The number of benzene rings is 2. The molecular formula is C24H31N3O. The third-order valence-corrected chi connectivity index (χ3v) is 5.27. The van der Waals surface area contributed by atoms with Gasteiger partial charge in [0.1, 0.15) is 0 Å². The monoisotopic (exact) mass is 377 g/mol. The molecule has 0 radical (unpaired) electrons. The van der Waals surface area contributed by atoms with Crippen molar-refractivity contribution in [1.29, 1.82) is 0 Å². The summed E-state index contributed by atoms with van der Waals surface area (Å²) in [5, 5.41) is 2.99. The molecule has 1 fully saturated rings. The Labute approximate surface area is 168 Å². The molecule has 0 saturated carbocycles. The van der Waals surface area contributed by atoms with Gasteiger partial charge in [-0.15, -0.1) is 0 Å². The van der Waals surface area contributed by atoms with Gasteiger partial charge in [-0.25, -0.2) is 0 Å². The number of aryl methyl sites for hydroxylation is 2. The first-order valence-corrected chi connectivity index (χ1v) is 10.1. The van der Waals surface area contributed by atoms with E-state index in [-0.39, 0.29) is 5.91 Å². The molecule has 1 amide bonds. The maximum absolute atomic E-state index is 12.2. The van der Waals surface area contributed by atoms with Gasteiger partial charge in [0.05, 0.1) is 0 Å². The molecule has 1 N–H and O–H groups in total. The second-order valence-electron chi connectivity index (χ2n) is 7.57. The molecule has 0 aliphatic carbocycles. The SMILES string of the molecule is Cc1cccc(NC(=O)CCN2CCN(CC=Cc3ccccc3C)CC2)c1. The van der Waals surface area contributed by atoms with Gasteiger partial charge in [-0.1, -0.05) is 48.6 Å². The van der Waals surface area contributed by atoms with Gasteiger partial charge in [-0.05, 0) is 42.7 Å². The van der Waals surface area contributed by atoms with E-state index < -0.39 is 0 Å². The van der Waals surface area contributed by atoms with Crippen molar-refractivity contribution in [3.63, 3.8) is 0 Å². The number of rotatable bonds is 7. The zero-order valence-electron chi connectivity index (χ0n) is 17.0. The molecule has 4 heteroatoms. The highest BCUT2D eigenvalue weighted by atomic mass is 16.1. The lowest BCUT2D eigenvalue weighted by atomic mass is 10.1. The van der Waals surface area contributed by atoms with Crippen LogP contribution >= 0.6 is 0 Å². The van der Waals surface area contributed by atoms with Crippen LogP contribution in [0.2, 0.25) is 0 Å². The van der Waals surface area contributed by atoms with Gasteiger partial charge < -0.3 is 10.2 Å². The fraction of sp³-hybridized carbons (Fsp3) is 0.375. The summed E-state index contributed by atoms with van der Waals surface area (Å²) in [5.41, 5.74) is 4.65. The molecule has 1 aliphatic heterocycles. The van der Waals surface area contributed by atoms with E-state index in [2.05, 4.69) is 58.5 Å². The van der Waals surface area contributed by atoms with Crippen molar-refractivity contribution in [2.75, 3.05) is 44.6 Å². The van der Waals surface area contributed by atoms with Crippen LogP contribution in [0.1, 0.15) is 23.1 Å². The van der Waals surface area contributed by atoms with E-state index in [4.69, 9.17) is 0 Å². The van der Waals surface area contributed by atoms with Crippen LogP contribution in [-0.4, -0.2) is 55.0 Å². The third-order valence-electron chi connectivity index (χ3n) is 5.27. The summed E-state index contributed by atoms with van der Waals surface area (Å²) in [5.74, 6) is 0.0918. The predicted octanol–water partition coefficient (Wildman–Crippen LogP) is 3.96. The molecular weight excluding hydrogens is 346 g/mol. The van der Waals surface area contributed by atoms with E-state index in [1.165, 1.54) is 11.1 Å². The van der Waals surface area contributed by atoms with Crippen LogP contribution in [0, 0.1) is 13.8 Å². The van der Waals surface area contributed by atoms with Crippen LogP contribution in [-0.2, 0) is 4.79 Å². The average Bonchev–Trinajstić information content (AvgIpc) is 2.69. The molecule has 4 nitrogen and oxygen atoms in total. The number of anilines is 1. The zero-order valence-corrected chi connectivity index (χ0v) is 17.0. The van der Waals surface area contributed by atoms with E-state index in [1.54, 1.807) is 0 Å². The maximum Gasteiger partial charge on any atom is 0.225 e. The van der Waals surface area contributed by atoms with Crippen LogP contribution in [0.4, 0.5) is 5.69 Å². The zero-order chi connectivity index (χ0) is 19.8. The minimum atomic E-state index is 0.0918. The Kier molecular flexibility index (Phi) is 7.40. The molecule has 0 spiro atoms. The Balaban J connectivity index is 1.35. The van der Waals surface area contributed by atoms with Gasteiger partial charge >= 0.3 is 0 Å². The predicted molar refractivity (Wildman–Crippen MR) is 118 cm³/mol. The Morgan fingerprint density at radius 3 is 2.50 bits per heavy atom. The summed E-state index contributed by atoms with van der Waals surface area (Å²) in [6, 6.07) is 16.4. The Morgan fingerprint density at radius 2 is 1.75 bits per heavy atom. The maximum atomic E-state index is 12.2. The summed E-state index contributed by atoms with van der Waals surface area (Å²) < 4.78 is 0. The summed E-state index contributed by atoms with van der Waals surface area (Å²) in [6.07, 6.45) is 5.02. The van der Waals surface area contributed by atoms with Crippen LogP contribution in [0.25, 0.3) is 6.08 Å². The number of hydrogen-bond acceptors (Lipinski definition) is 3.